The van der Waals surface area contributed by atoms with Crippen LogP contribution >= 0.6 is 0 Å². The van der Waals surface area contributed by atoms with E-state index < -0.39 is 10.1 Å². The molecule has 0 saturated carbocycles. The number of hydrogen-bond donors (Lipinski definition) is 0. The second kappa shape index (κ2) is 11.1. The molecule has 0 aliphatic heterocycles. The molecule has 0 bridgehead atoms. The number of benzene rings is 1. The Morgan fingerprint density at radius 1 is 1.04 bits per heavy atom. The van der Waals surface area contributed by atoms with Gasteiger partial charge in [0.15, 0.2) is 0 Å². The second-order valence-corrected chi connectivity index (χ2v) is 8.93. The lowest BCUT2D eigenvalue weighted by Gasteiger charge is -2.22. The Morgan fingerprint density at radius 2 is 1.67 bits per heavy atom. The van der Waals surface area contributed by atoms with Crippen molar-refractivity contribution in [3.63, 3.8) is 0 Å². The molecule has 1 rings (SSSR count). The largest absolute Gasteiger partial charge is 0.376 e. The molecule has 1 aromatic rings. The van der Waals surface area contributed by atoms with Crippen LogP contribution in [-0.4, -0.2) is 27.2 Å². The second-order valence-electron chi connectivity index (χ2n) is 7.32. The average molecular weight is 391 g/mol. The maximum absolute atomic E-state index is 12.1. The zero-order valence-electron chi connectivity index (χ0n) is 17.0. The Hall–Kier alpha value is -1.79. The normalized spacial score (nSPS) is 12.5. The first-order valence-corrected chi connectivity index (χ1v) is 10.5. The van der Waals surface area contributed by atoms with E-state index in [0.29, 0.717) is 19.4 Å². The minimum atomic E-state index is -3.72. The van der Waals surface area contributed by atoms with Gasteiger partial charge >= 0.3 is 0 Å². The average Bonchev–Trinajstić information content (AvgIpc) is 2.59. The molecule has 0 fully saturated rings. The third kappa shape index (κ3) is 10.2. The molecule has 0 amide bonds. The van der Waals surface area contributed by atoms with E-state index >= 15 is 0 Å². The fourth-order valence-electron chi connectivity index (χ4n) is 2.08. The van der Waals surface area contributed by atoms with E-state index in [1.807, 2.05) is 34.6 Å². The van der Waals surface area contributed by atoms with Gasteiger partial charge in [-0.3, -0.25) is 4.18 Å². The molecule has 148 valence electrons. The predicted octanol–water partition coefficient (Wildman–Crippen LogP) is 4.33. The summed E-state index contributed by atoms with van der Waals surface area (Å²) >= 11 is 0. The van der Waals surface area contributed by atoms with Crippen molar-refractivity contribution in [2.75, 3.05) is 13.2 Å². The molecule has 27 heavy (non-hydrogen) atoms. The van der Waals surface area contributed by atoms with E-state index in [4.69, 9.17) is 8.92 Å². The molecule has 0 aliphatic carbocycles. The molecule has 5 heteroatoms. The van der Waals surface area contributed by atoms with Crippen molar-refractivity contribution in [3.05, 3.63) is 29.8 Å². The Labute approximate surface area is 164 Å². The third-order valence-electron chi connectivity index (χ3n) is 3.61. The van der Waals surface area contributed by atoms with Crippen LogP contribution in [-0.2, 0) is 19.0 Å². The highest BCUT2D eigenvalue weighted by Crippen LogP contribution is 2.15. The van der Waals surface area contributed by atoms with Crippen molar-refractivity contribution in [2.45, 2.75) is 64.4 Å². The fourth-order valence-corrected chi connectivity index (χ4v) is 2.99. The zero-order chi connectivity index (χ0) is 20.3. The first kappa shape index (κ1) is 23.2. The van der Waals surface area contributed by atoms with Gasteiger partial charge in [0.1, 0.15) is 0 Å². The molecule has 4 nitrogen and oxygen atoms in total. The molecule has 1 atom stereocenters. The van der Waals surface area contributed by atoms with Gasteiger partial charge in [-0.05, 0) is 46.8 Å². The first-order valence-electron chi connectivity index (χ1n) is 9.09. The van der Waals surface area contributed by atoms with Gasteiger partial charge in [0.25, 0.3) is 10.1 Å². The number of hydrogen-bond acceptors (Lipinski definition) is 4. The molecular weight excluding hydrogens is 360 g/mol. The van der Waals surface area contributed by atoms with Crippen LogP contribution in [0.4, 0.5) is 0 Å². The lowest BCUT2D eigenvalue weighted by Crippen LogP contribution is -2.23. The van der Waals surface area contributed by atoms with Crippen LogP contribution in [0.5, 0.6) is 0 Å². The topological polar surface area (TPSA) is 52.6 Å². The van der Waals surface area contributed by atoms with Gasteiger partial charge in [0.05, 0.1) is 23.7 Å². The highest BCUT2D eigenvalue weighted by Gasteiger charge is 2.15. The monoisotopic (exact) mass is 390 g/mol. The van der Waals surface area contributed by atoms with Crippen molar-refractivity contribution in [1.29, 1.82) is 0 Å². The standard InChI is InChI=1S/C22H30O4S/c1-6-7-11-20(18-25-22(3,4)5)12-9-8-10-17-26-27(23,24)21-15-13-19(2)14-16-21/h13-16,20H,10-12,17-18H2,1-5H3. The summed E-state index contributed by atoms with van der Waals surface area (Å²) < 4.78 is 35.0. The van der Waals surface area contributed by atoms with Gasteiger partial charge in [0, 0.05) is 25.2 Å². The van der Waals surface area contributed by atoms with Crippen molar-refractivity contribution in [2.24, 2.45) is 5.92 Å². The van der Waals surface area contributed by atoms with E-state index in [0.717, 1.165) is 12.0 Å². The smallest absolute Gasteiger partial charge is 0.297 e. The van der Waals surface area contributed by atoms with E-state index in [1.54, 1.807) is 24.3 Å². The number of ether oxygens (including phenoxy) is 1. The molecule has 0 radical (unpaired) electrons. The SMILES string of the molecule is CC#CCC(CC#CCCOS(=O)(=O)c1ccc(C)cc1)COC(C)(C)C. The van der Waals surface area contributed by atoms with Gasteiger partial charge < -0.3 is 4.74 Å². The fraction of sp³-hybridized carbons (Fsp3) is 0.545. The Balaban J connectivity index is 2.46. The van der Waals surface area contributed by atoms with Crippen LogP contribution < -0.4 is 0 Å². The van der Waals surface area contributed by atoms with Crippen LogP contribution in [0.1, 0.15) is 52.5 Å². The highest BCUT2D eigenvalue weighted by molar-refractivity contribution is 7.86. The van der Waals surface area contributed by atoms with E-state index in [2.05, 4.69) is 23.7 Å². The zero-order valence-corrected chi connectivity index (χ0v) is 17.8. The molecule has 0 aliphatic rings. The summed E-state index contributed by atoms with van der Waals surface area (Å²) in [5.74, 6) is 12.3. The summed E-state index contributed by atoms with van der Waals surface area (Å²) in [7, 11) is -3.72. The Bertz CT molecular complexity index is 794. The third-order valence-corrected chi connectivity index (χ3v) is 4.94. The van der Waals surface area contributed by atoms with Crippen LogP contribution in [0.15, 0.2) is 29.2 Å². The maximum Gasteiger partial charge on any atom is 0.297 e. The van der Waals surface area contributed by atoms with Crippen LogP contribution in [0.25, 0.3) is 0 Å². The highest BCUT2D eigenvalue weighted by atomic mass is 32.2. The van der Waals surface area contributed by atoms with Gasteiger partial charge in [-0.2, -0.15) is 8.42 Å². The minimum Gasteiger partial charge on any atom is -0.376 e. The Kier molecular flexibility index (Phi) is 9.60. The predicted molar refractivity (Wildman–Crippen MR) is 109 cm³/mol. The lowest BCUT2D eigenvalue weighted by molar-refractivity contribution is -0.0207. The lowest BCUT2D eigenvalue weighted by atomic mass is 10.0. The van der Waals surface area contributed by atoms with Gasteiger partial charge in [-0.1, -0.05) is 17.7 Å². The van der Waals surface area contributed by atoms with Crippen LogP contribution in [0.3, 0.4) is 0 Å². The summed E-state index contributed by atoms with van der Waals surface area (Å²) in [6.07, 6.45) is 1.76. The summed E-state index contributed by atoms with van der Waals surface area (Å²) in [6, 6.07) is 6.58. The summed E-state index contributed by atoms with van der Waals surface area (Å²) in [5, 5.41) is 0. The number of aryl methyl sites for hydroxylation is 1. The molecule has 0 heterocycles. The summed E-state index contributed by atoms with van der Waals surface area (Å²) in [5.41, 5.74) is 0.807. The van der Waals surface area contributed by atoms with Crippen LogP contribution in [0.2, 0.25) is 0 Å². The van der Waals surface area contributed by atoms with Crippen LogP contribution in [0, 0.1) is 36.5 Å². The molecular formula is C22H30O4S. The van der Waals surface area contributed by atoms with E-state index in [1.165, 1.54) is 0 Å². The maximum atomic E-state index is 12.1. The molecule has 1 unspecified atom stereocenters. The Morgan fingerprint density at radius 3 is 2.26 bits per heavy atom. The molecule has 0 N–H and O–H groups in total. The molecule has 0 spiro atoms. The summed E-state index contributed by atoms with van der Waals surface area (Å²) in [4.78, 5) is 0.165. The van der Waals surface area contributed by atoms with Gasteiger partial charge in [-0.15, -0.1) is 23.7 Å². The van der Waals surface area contributed by atoms with E-state index in [-0.39, 0.29) is 23.0 Å². The van der Waals surface area contributed by atoms with Gasteiger partial charge in [0.2, 0.25) is 0 Å². The van der Waals surface area contributed by atoms with Crippen molar-refractivity contribution in [1.82, 2.24) is 0 Å². The first-order chi connectivity index (χ1) is 12.6. The summed E-state index contributed by atoms with van der Waals surface area (Å²) in [6.45, 7) is 10.4. The molecule has 0 saturated heterocycles. The minimum absolute atomic E-state index is 0.0428. The van der Waals surface area contributed by atoms with E-state index in [9.17, 15) is 8.42 Å². The number of rotatable bonds is 8. The van der Waals surface area contributed by atoms with Gasteiger partial charge in [-0.25, -0.2) is 0 Å². The molecule has 1 aromatic carbocycles. The molecule has 0 aromatic heterocycles. The quantitative estimate of drug-likeness (QED) is 0.377. The van der Waals surface area contributed by atoms with Crippen molar-refractivity contribution in [3.8, 4) is 23.7 Å². The van der Waals surface area contributed by atoms with Crippen molar-refractivity contribution >= 4 is 10.1 Å². The van der Waals surface area contributed by atoms with Crippen molar-refractivity contribution < 1.29 is 17.3 Å².